The molecule has 1 aromatic rings. The van der Waals surface area contributed by atoms with Crippen LogP contribution in [0, 0.1) is 0 Å². The van der Waals surface area contributed by atoms with Gasteiger partial charge in [0.1, 0.15) is 0 Å². The van der Waals surface area contributed by atoms with Gasteiger partial charge in [-0.1, -0.05) is 31.2 Å². The molecule has 1 rings (SSSR count). The van der Waals surface area contributed by atoms with E-state index in [4.69, 9.17) is 0 Å². The molecule has 104 valence electrons. The minimum absolute atomic E-state index is 0.0365. The molecule has 19 heavy (non-hydrogen) atoms. The van der Waals surface area contributed by atoms with Gasteiger partial charge in [0.05, 0.1) is 13.1 Å². The molecule has 0 aliphatic rings. The van der Waals surface area contributed by atoms with Crippen LogP contribution in [0.2, 0.25) is 0 Å². The van der Waals surface area contributed by atoms with Crippen molar-refractivity contribution in [3.8, 4) is 0 Å². The first-order chi connectivity index (χ1) is 9.06. The number of nitrogens with zero attached hydrogens (tertiary/aromatic N) is 1. The van der Waals surface area contributed by atoms with Crippen LogP contribution in [0.15, 0.2) is 24.3 Å². The molecule has 0 heterocycles. The number of ketones is 1. The molecule has 0 aliphatic heterocycles. The molecule has 0 aromatic heterocycles. The highest BCUT2D eigenvalue weighted by Gasteiger charge is 2.11. The fraction of sp³-hybridized carbons (Fsp3) is 0.467. The molecule has 0 bridgehead atoms. The first-order valence-electron chi connectivity index (χ1n) is 6.64. The molecule has 1 N–H and O–H groups in total. The number of hydrogen-bond donors (Lipinski definition) is 1. The Morgan fingerprint density at radius 2 is 1.74 bits per heavy atom. The molecule has 0 spiro atoms. The summed E-state index contributed by atoms with van der Waals surface area (Å²) in [6.07, 6.45) is 0.964. The Labute approximate surface area is 114 Å². The van der Waals surface area contributed by atoms with Crippen LogP contribution in [-0.4, -0.2) is 43.3 Å². The smallest absolute Gasteiger partial charge is 0.234 e. The van der Waals surface area contributed by atoms with Gasteiger partial charge in [0, 0.05) is 12.1 Å². The van der Waals surface area contributed by atoms with Crippen LogP contribution in [-0.2, 0) is 11.2 Å². The van der Waals surface area contributed by atoms with E-state index in [1.165, 1.54) is 5.56 Å². The van der Waals surface area contributed by atoms with Crippen molar-refractivity contribution in [3.63, 3.8) is 0 Å². The van der Waals surface area contributed by atoms with E-state index < -0.39 is 0 Å². The predicted octanol–water partition coefficient (Wildman–Crippen LogP) is 1.50. The number of benzene rings is 1. The summed E-state index contributed by atoms with van der Waals surface area (Å²) in [5.74, 6) is -0.0198. The SMILES string of the molecule is CCNC(=O)CN(C)CC(=O)c1ccc(CC)cc1. The van der Waals surface area contributed by atoms with Crippen molar-refractivity contribution < 1.29 is 9.59 Å². The highest BCUT2D eigenvalue weighted by molar-refractivity contribution is 5.97. The number of nitrogens with one attached hydrogen (secondary N) is 1. The van der Waals surface area contributed by atoms with E-state index >= 15 is 0 Å². The summed E-state index contributed by atoms with van der Waals surface area (Å²) in [5, 5.41) is 2.71. The first-order valence-corrected chi connectivity index (χ1v) is 6.64. The van der Waals surface area contributed by atoms with Gasteiger partial charge in [-0.2, -0.15) is 0 Å². The number of amides is 1. The Kier molecular flexibility index (Phi) is 6.22. The zero-order chi connectivity index (χ0) is 14.3. The maximum absolute atomic E-state index is 12.0. The quantitative estimate of drug-likeness (QED) is 0.758. The molecule has 0 saturated heterocycles. The molecule has 4 nitrogen and oxygen atoms in total. The van der Waals surface area contributed by atoms with E-state index in [1.54, 1.807) is 11.9 Å². The molecule has 0 saturated carbocycles. The Morgan fingerprint density at radius 1 is 1.11 bits per heavy atom. The average Bonchev–Trinajstić information content (AvgIpc) is 2.38. The normalized spacial score (nSPS) is 10.5. The molecule has 1 aromatic carbocycles. The highest BCUT2D eigenvalue weighted by atomic mass is 16.2. The van der Waals surface area contributed by atoms with Crippen molar-refractivity contribution in [2.24, 2.45) is 0 Å². The molecule has 0 radical (unpaired) electrons. The third-order valence-electron chi connectivity index (χ3n) is 2.89. The number of hydrogen-bond acceptors (Lipinski definition) is 3. The van der Waals surface area contributed by atoms with Gasteiger partial charge in [-0.05, 0) is 26.0 Å². The van der Waals surface area contributed by atoms with Gasteiger partial charge in [0.25, 0.3) is 0 Å². The lowest BCUT2D eigenvalue weighted by Gasteiger charge is -2.15. The van der Waals surface area contributed by atoms with E-state index in [2.05, 4.69) is 12.2 Å². The fourth-order valence-electron chi connectivity index (χ4n) is 1.82. The minimum Gasteiger partial charge on any atom is -0.355 e. The van der Waals surface area contributed by atoms with Crippen LogP contribution in [0.1, 0.15) is 29.8 Å². The molecule has 1 amide bonds. The zero-order valence-electron chi connectivity index (χ0n) is 11.9. The van der Waals surface area contributed by atoms with Crippen LogP contribution in [0.3, 0.4) is 0 Å². The van der Waals surface area contributed by atoms with Gasteiger partial charge >= 0.3 is 0 Å². The van der Waals surface area contributed by atoms with Crippen molar-refractivity contribution in [2.75, 3.05) is 26.7 Å². The van der Waals surface area contributed by atoms with Crippen LogP contribution in [0.4, 0.5) is 0 Å². The lowest BCUT2D eigenvalue weighted by atomic mass is 10.1. The highest BCUT2D eigenvalue weighted by Crippen LogP contribution is 2.06. The largest absolute Gasteiger partial charge is 0.355 e. The number of carbonyl (C=O) groups is 2. The van der Waals surface area contributed by atoms with Gasteiger partial charge < -0.3 is 5.32 Å². The summed E-state index contributed by atoms with van der Waals surface area (Å²) in [6.45, 7) is 5.06. The second kappa shape index (κ2) is 7.69. The molecule has 0 atom stereocenters. The lowest BCUT2D eigenvalue weighted by molar-refractivity contribution is -0.121. The summed E-state index contributed by atoms with van der Waals surface area (Å²) in [6, 6.07) is 7.64. The fourth-order valence-corrected chi connectivity index (χ4v) is 1.82. The Morgan fingerprint density at radius 3 is 2.26 bits per heavy atom. The summed E-state index contributed by atoms with van der Waals surface area (Å²) < 4.78 is 0. The molecule has 4 heteroatoms. The summed E-state index contributed by atoms with van der Waals surface area (Å²) in [7, 11) is 1.77. The van der Waals surface area contributed by atoms with Crippen LogP contribution >= 0.6 is 0 Å². The van der Waals surface area contributed by atoms with Gasteiger partial charge in [-0.25, -0.2) is 0 Å². The van der Waals surface area contributed by atoms with E-state index in [9.17, 15) is 9.59 Å². The summed E-state index contributed by atoms with van der Waals surface area (Å²) in [5.41, 5.74) is 1.91. The molecule has 0 unspecified atom stereocenters. The van der Waals surface area contributed by atoms with Gasteiger partial charge in [0.2, 0.25) is 5.91 Å². The number of rotatable bonds is 7. The van der Waals surface area contributed by atoms with Gasteiger partial charge in [0.15, 0.2) is 5.78 Å². The van der Waals surface area contributed by atoms with E-state index in [0.29, 0.717) is 12.1 Å². The average molecular weight is 262 g/mol. The summed E-state index contributed by atoms with van der Waals surface area (Å²) in [4.78, 5) is 25.1. The topological polar surface area (TPSA) is 49.4 Å². The van der Waals surface area contributed by atoms with Crippen molar-refractivity contribution in [1.29, 1.82) is 0 Å². The van der Waals surface area contributed by atoms with Crippen molar-refractivity contribution in [2.45, 2.75) is 20.3 Å². The monoisotopic (exact) mass is 262 g/mol. The van der Waals surface area contributed by atoms with E-state index in [-0.39, 0.29) is 24.8 Å². The van der Waals surface area contributed by atoms with Crippen molar-refractivity contribution in [3.05, 3.63) is 35.4 Å². The van der Waals surface area contributed by atoms with Crippen LogP contribution < -0.4 is 5.32 Å². The third kappa shape index (κ3) is 5.22. The maximum Gasteiger partial charge on any atom is 0.234 e. The third-order valence-corrected chi connectivity index (χ3v) is 2.89. The van der Waals surface area contributed by atoms with Gasteiger partial charge in [-0.15, -0.1) is 0 Å². The van der Waals surface area contributed by atoms with E-state index in [1.807, 2.05) is 31.2 Å². The Bertz CT molecular complexity index is 426. The Balaban J connectivity index is 2.51. The second-order valence-electron chi connectivity index (χ2n) is 4.60. The standard InChI is InChI=1S/C15H22N2O2/c1-4-12-6-8-13(9-7-12)14(18)10-17(3)11-15(19)16-5-2/h6-9H,4-5,10-11H2,1-3H3,(H,16,19). The van der Waals surface area contributed by atoms with Crippen LogP contribution in [0.5, 0.6) is 0 Å². The summed E-state index contributed by atoms with van der Waals surface area (Å²) >= 11 is 0. The number of likely N-dealkylation sites (N-methyl/N-ethyl adjacent to an activating group) is 2. The van der Waals surface area contributed by atoms with E-state index in [0.717, 1.165) is 6.42 Å². The molecular weight excluding hydrogens is 240 g/mol. The predicted molar refractivity (Wildman–Crippen MR) is 76.3 cm³/mol. The maximum atomic E-state index is 12.0. The Hall–Kier alpha value is -1.68. The number of aryl methyl sites for hydroxylation is 1. The van der Waals surface area contributed by atoms with Crippen LogP contribution in [0.25, 0.3) is 0 Å². The minimum atomic E-state index is -0.0564. The second-order valence-corrected chi connectivity index (χ2v) is 4.60. The van der Waals surface area contributed by atoms with Crippen molar-refractivity contribution >= 4 is 11.7 Å². The first kappa shape index (κ1) is 15.4. The number of Topliss-reactive ketones (excluding diaryl/α,β-unsaturated/α-hetero) is 1. The number of carbonyl (C=O) groups excluding carboxylic acids is 2. The molecule has 0 fully saturated rings. The lowest BCUT2D eigenvalue weighted by Crippen LogP contribution is -2.37. The van der Waals surface area contributed by atoms with Crippen molar-refractivity contribution in [1.82, 2.24) is 10.2 Å². The molecule has 0 aliphatic carbocycles. The molecular formula is C15H22N2O2. The van der Waals surface area contributed by atoms with Gasteiger partial charge in [-0.3, -0.25) is 14.5 Å². The zero-order valence-corrected chi connectivity index (χ0v) is 11.9.